The second-order valence-corrected chi connectivity index (χ2v) is 13.3. The Balaban J connectivity index is 0.000000923. The number of carbonyl (C=O) groups is 1. The SMILES string of the molecule is C=CC.C=CC=C.CC(C)(C)OC(=O)CC1CC(CP(=O)(c2ccccc2)c2ccccc2)OC(C)(C)O1. The Morgan fingerprint density at radius 3 is 1.76 bits per heavy atom. The number of hydrogen-bond donors (Lipinski definition) is 0. The van der Waals surface area contributed by atoms with Gasteiger partial charge in [-0.2, -0.15) is 0 Å². The van der Waals surface area contributed by atoms with Gasteiger partial charge in [0.15, 0.2) is 5.79 Å². The minimum absolute atomic E-state index is 0.140. The summed E-state index contributed by atoms with van der Waals surface area (Å²) in [6.45, 7) is 21.2. The molecule has 0 aromatic heterocycles. The molecule has 1 aliphatic heterocycles. The summed E-state index contributed by atoms with van der Waals surface area (Å²) in [4.78, 5) is 12.4. The molecule has 0 N–H and O–H groups in total. The lowest BCUT2D eigenvalue weighted by Gasteiger charge is -2.41. The van der Waals surface area contributed by atoms with E-state index in [-0.39, 0.29) is 24.6 Å². The summed E-state index contributed by atoms with van der Waals surface area (Å²) in [5, 5.41) is 1.61. The van der Waals surface area contributed by atoms with Crippen molar-refractivity contribution in [2.75, 3.05) is 6.16 Å². The van der Waals surface area contributed by atoms with Crippen LogP contribution in [0.1, 0.15) is 54.4 Å². The van der Waals surface area contributed by atoms with E-state index in [0.29, 0.717) is 12.6 Å². The minimum atomic E-state index is -2.94. The maximum Gasteiger partial charge on any atom is 0.308 e. The Hall–Kier alpha value is -2.72. The molecule has 1 saturated heterocycles. The van der Waals surface area contributed by atoms with Gasteiger partial charge in [-0.1, -0.05) is 92.0 Å². The number of benzene rings is 2. The monoisotopic (exact) mass is 540 g/mol. The molecule has 0 spiro atoms. The zero-order valence-electron chi connectivity index (χ0n) is 23.9. The third-order valence-corrected chi connectivity index (χ3v) is 8.40. The summed E-state index contributed by atoms with van der Waals surface area (Å²) in [7, 11) is -2.94. The molecule has 1 fully saturated rings. The molecule has 2 atom stereocenters. The van der Waals surface area contributed by atoms with Crippen molar-refractivity contribution in [3.8, 4) is 0 Å². The first-order valence-corrected chi connectivity index (χ1v) is 14.8. The highest BCUT2D eigenvalue weighted by Gasteiger charge is 2.41. The van der Waals surface area contributed by atoms with Crippen LogP contribution in [0.25, 0.3) is 0 Å². The van der Waals surface area contributed by atoms with Gasteiger partial charge in [0.1, 0.15) is 12.7 Å². The van der Waals surface area contributed by atoms with Crippen LogP contribution in [-0.4, -0.2) is 35.7 Å². The number of ether oxygens (including phenoxy) is 3. The molecule has 2 aromatic rings. The number of rotatable bonds is 7. The normalized spacial score (nSPS) is 18.4. The van der Waals surface area contributed by atoms with E-state index in [2.05, 4.69) is 19.7 Å². The summed E-state index contributed by atoms with van der Waals surface area (Å²) in [5.41, 5.74) is -0.548. The zero-order chi connectivity index (χ0) is 28.8. The van der Waals surface area contributed by atoms with Gasteiger partial charge in [0, 0.05) is 23.2 Å². The van der Waals surface area contributed by atoms with E-state index in [1.165, 1.54) is 0 Å². The summed E-state index contributed by atoms with van der Waals surface area (Å²) < 4.78 is 32.0. The van der Waals surface area contributed by atoms with E-state index >= 15 is 0 Å². The van der Waals surface area contributed by atoms with Gasteiger partial charge in [-0.05, 0) is 41.5 Å². The summed E-state index contributed by atoms with van der Waals surface area (Å²) >= 11 is 0. The van der Waals surface area contributed by atoms with Crippen LogP contribution in [0.3, 0.4) is 0 Å². The lowest BCUT2D eigenvalue weighted by atomic mass is 10.1. The number of hydrogen-bond acceptors (Lipinski definition) is 5. The van der Waals surface area contributed by atoms with Crippen molar-refractivity contribution in [1.82, 2.24) is 0 Å². The van der Waals surface area contributed by atoms with E-state index in [1.807, 2.05) is 102 Å². The van der Waals surface area contributed by atoms with Crippen LogP contribution >= 0.6 is 7.14 Å². The zero-order valence-corrected chi connectivity index (χ0v) is 24.8. The molecule has 38 heavy (non-hydrogen) atoms. The quantitative estimate of drug-likeness (QED) is 0.161. The molecule has 0 amide bonds. The average molecular weight is 541 g/mol. The smallest absolute Gasteiger partial charge is 0.308 e. The molecule has 2 aromatic carbocycles. The van der Waals surface area contributed by atoms with Crippen LogP contribution in [0.4, 0.5) is 0 Å². The summed E-state index contributed by atoms with van der Waals surface area (Å²) in [6.07, 6.45) is 5.32. The van der Waals surface area contributed by atoms with Crippen molar-refractivity contribution >= 4 is 23.7 Å². The standard InChI is InChI=1S/C25H33O5P.C4H6.C3H6/c1-24(2,3)30-23(26)17-19-16-20(29-25(4,5)28-19)18-31(27,21-12-8-6-9-13-21)22-14-10-7-11-15-22;1-3-4-2;1-3-2/h6-15,19-20H,16-18H2,1-5H3;3-4H,1-2H2;3H,1H2,2H3. The molecule has 2 unspecified atom stereocenters. The van der Waals surface area contributed by atoms with Crippen LogP contribution in [0, 0.1) is 0 Å². The van der Waals surface area contributed by atoms with Crippen LogP contribution < -0.4 is 10.6 Å². The van der Waals surface area contributed by atoms with Gasteiger partial charge in [-0.25, -0.2) is 0 Å². The lowest BCUT2D eigenvalue weighted by Crippen LogP contribution is -2.47. The molecule has 1 heterocycles. The number of allylic oxidation sites excluding steroid dienone is 3. The fourth-order valence-electron chi connectivity index (χ4n) is 4.01. The van der Waals surface area contributed by atoms with Gasteiger partial charge < -0.3 is 18.8 Å². The fourth-order valence-corrected chi connectivity index (χ4v) is 6.83. The first kappa shape index (κ1) is 33.3. The molecule has 0 saturated carbocycles. The third-order valence-electron chi connectivity index (χ3n) is 5.22. The van der Waals surface area contributed by atoms with Crippen LogP contribution in [-0.2, 0) is 23.6 Å². The maximum absolute atomic E-state index is 14.4. The summed E-state index contributed by atoms with van der Waals surface area (Å²) in [5.74, 6) is -1.18. The van der Waals surface area contributed by atoms with Gasteiger partial charge in [-0.3, -0.25) is 4.79 Å². The van der Waals surface area contributed by atoms with E-state index < -0.39 is 18.5 Å². The van der Waals surface area contributed by atoms with Crippen LogP contribution in [0.15, 0.2) is 98.6 Å². The Morgan fingerprint density at radius 1 is 0.947 bits per heavy atom. The predicted molar refractivity (Wildman–Crippen MR) is 160 cm³/mol. The van der Waals surface area contributed by atoms with Crippen molar-refractivity contribution in [3.05, 3.63) is 98.6 Å². The highest BCUT2D eigenvalue weighted by atomic mass is 31.2. The highest BCUT2D eigenvalue weighted by Crippen LogP contribution is 2.46. The van der Waals surface area contributed by atoms with Crippen molar-refractivity contribution in [2.45, 2.75) is 78.0 Å². The fraction of sp³-hybridized carbons (Fsp3) is 0.406. The third kappa shape index (κ3) is 11.8. The average Bonchev–Trinajstić information content (AvgIpc) is 2.83. The number of esters is 1. The summed E-state index contributed by atoms with van der Waals surface area (Å²) in [6, 6.07) is 19.1. The molecule has 5 nitrogen and oxygen atoms in total. The van der Waals surface area contributed by atoms with E-state index in [0.717, 1.165) is 10.6 Å². The van der Waals surface area contributed by atoms with Crippen LogP contribution in [0.5, 0.6) is 0 Å². The Labute approximate surface area is 230 Å². The predicted octanol–water partition coefficient (Wildman–Crippen LogP) is 7.19. The number of carbonyl (C=O) groups excluding carboxylic acids is 1. The molecular weight excluding hydrogens is 495 g/mol. The molecule has 1 aliphatic rings. The second-order valence-electron chi connectivity index (χ2n) is 10.4. The molecule has 208 valence electrons. The molecule has 0 bridgehead atoms. The van der Waals surface area contributed by atoms with E-state index in [1.54, 1.807) is 18.2 Å². The van der Waals surface area contributed by atoms with Crippen molar-refractivity contribution in [2.24, 2.45) is 0 Å². The Bertz CT molecular complexity index is 1000. The van der Waals surface area contributed by atoms with E-state index in [9.17, 15) is 9.36 Å². The van der Waals surface area contributed by atoms with Gasteiger partial charge >= 0.3 is 5.97 Å². The Kier molecular flexibility index (Phi) is 13.7. The minimum Gasteiger partial charge on any atom is -0.460 e. The first-order valence-electron chi connectivity index (χ1n) is 12.9. The highest BCUT2D eigenvalue weighted by molar-refractivity contribution is 7.78. The van der Waals surface area contributed by atoms with E-state index in [4.69, 9.17) is 14.2 Å². The largest absolute Gasteiger partial charge is 0.460 e. The molecule has 3 rings (SSSR count). The van der Waals surface area contributed by atoms with Crippen molar-refractivity contribution in [3.63, 3.8) is 0 Å². The topological polar surface area (TPSA) is 61.8 Å². The molecular formula is C32H45O5P. The maximum atomic E-state index is 14.4. The molecule has 0 aliphatic carbocycles. The van der Waals surface area contributed by atoms with Gasteiger partial charge in [-0.15, -0.1) is 6.58 Å². The van der Waals surface area contributed by atoms with Gasteiger partial charge in [0.25, 0.3) is 0 Å². The lowest BCUT2D eigenvalue weighted by molar-refractivity contribution is -0.295. The first-order chi connectivity index (χ1) is 17.8. The molecule has 0 radical (unpaired) electrons. The van der Waals surface area contributed by atoms with Crippen LogP contribution in [0.2, 0.25) is 0 Å². The Morgan fingerprint density at radius 2 is 1.37 bits per heavy atom. The second kappa shape index (κ2) is 15.6. The van der Waals surface area contributed by atoms with Crippen molar-refractivity contribution in [1.29, 1.82) is 0 Å². The van der Waals surface area contributed by atoms with Gasteiger partial charge in [0.2, 0.25) is 0 Å². The van der Waals surface area contributed by atoms with Crippen molar-refractivity contribution < 1.29 is 23.6 Å². The van der Waals surface area contributed by atoms with Gasteiger partial charge in [0.05, 0.1) is 18.6 Å². The molecule has 6 heteroatoms.